The van der Waals surface area contributed by atoms with Crippen LogP contribution in [0.5, 0.6) is 11.5 Å². The molecule has 0 amide bonds. The number of ether oxygens (including phenoxy) is 2. The lowest BCUT2D eigenvalue weighted by molar-refractivity contribution is 0.171. The highest BCUT2D eigenvalue weighted by molar-refractivity contribution is 5.57. The van der Waals surface area contributed by atoms with Crippen LogP contribution in [0, 0.1) is 5.92 Å². The highest BCUT2D eigenvalue weighted by Crippen LogP contribution is 2.35. The minimum atomic E-state index is 0.296. The van der Waals surface area contributed by atoms with Crippen LogP contribution in [0.25, 0.3) is 0 Å². The summed E-state index contributed by atoms with van der Waals surface area (Å²) in [7, 11) is 0. The maximum absolute atomic E-state index is 5.89. The molecule has 0 bridgehead atoms. The largest absolute Gasteiger partial charge is 0.486 e. The van der Waals surface area contributed by atoms with Crippen molar-refractivity contribution in [2.75, 3.05) is 31.2 Å². The smallest absolute Gasteiger partial charge is 0.163 e. The summed E-state index contributed by atoms with van der Waals surface area (Å²) in [5.74, 6) is 2.45. The highest BCUT2D eigenvalue weighted by Gasteiger charge is 2.24. The Morgan fingerprint density at radius 3 is 2.89 bits per heavy atom. The van der Waals surface area contributed by atoms with Gasteiger partial charge in [-0.3, -0.25) is 0 Å². The summed E-state index contributed by atoms with van der Waals surface area (Å²) in [6.07, 6.45) is 2.34. The number of rotatable bonds is 3. The van der Waals surface area contributed by atoms with E-state index in [0.717, 1.165) is 31.0 Å². The maximum Gasteiger partial charge on any atom is 0.163 e. The molecule has 0 aromatic heterocycles. The standard InChI is InChI=1S/C15H22N2O2/c1-11(16)8-12-4-5-17(10-12)13-2-3-14-15(9-13)19-7-6-18-14/h2-3,9,11-12H,4-8,10,16H2,1H3. The summed E-state index contributed by atoms with van der Waals surface area (Å²) in [5.41, 5.74) is 7.13. The van der Waals surface area contributed by atoms with Gasteiger partial charge in [-0.2, -0.15) is 0 Å². The van der Waals surface area contributed by atoms with Gasteiger partial charge < -0.3 is 20.1 Å². The molecule has 2 N–H and O–H groups in total. The van der Waals surface area contributed by atoms with Crippen molar-refractivity contribution in [3.8, 4) is 11.5 Å². The summed E-state index contributed by atoms with van der Waals surface area (Å²) in [4.78, 5) is 2.42. The van der Waals surface area contributed by atoms with E-state index in [4.69, 9.17) is 15.2 Å². The SMILES string of the molecule is CC(N)CC1CCN(c2ccc3c(c2)OCCO3)C1. The van der Waals surface area contributed by atoms with Crippen LogP contribution in [-0.2, 0) is 0 Å². The molecule has 3 rings (SSSR count). The molecule has 104 valence electrons. The van der Waals surface area contributed by atoms with Gasteiger partial charge in [-0.25, -0.2) is 0 Å². The van der Waals surface area contributed by atoms with Gasteiger partial charge in [-0.05, 0) is 37.8 Å². The second kappa shape index (κ2) is 5.29. The molecule has 2 aliphatic heterocycles. The molecule has 1 aromatic rings. The van der Waals surface area contributed by atoms with E-state index in [2.05, 4.69) is 24.0 Å². The fraction of sp³-hybridized carbons (Fsp3) is 0.600. The topological polar surface area (TPSA) is 47.7 Å². The van der Waals surface area contributed by atoms with Crippen molar-refractivity contribution in [3.05, 3.63) is 18.2 Å². The molecule has 4 nitrogen and oxygen atoms in total. The van der Waals surface area contributed by atoms with Crippen LogP contribution in [0.15, 0.2) is 18.2 Å². The maximum atomic E-state index is 5.89. The van der Waals surface area contributed by atoms with Crippen molar-refractivity contribution >= 4 is 5.69 Å². The Morgan fingerprint density at radius 2 is 2.11 bits per heavy atom. The fourth-order valence-electron chi connectivity index (χ4n) is 3.01. The van der Waals surface area contributed by atoms with Crippen LogP contribution in [0.3, 0.4) is 0 Å². The molecular formula is C15H22N2O2. The number of hydrogen-bond donors (Lipinski definition) is 1. The Labute approximate surface area is 114 Å². The fourth-order valence-corrected chi connectivity index (χ4v) is 3.01. The predicted octanol–water partition coefficient (Wildman–Crippen LogP) is 2.02. The molecule has 0 aliphatic carbocycles. The predicted molar refractivity (Wildman–Crippen MR) is 76.0 cm³/mol. The van der Waals surface area contributed by atoms with E-state index < -0.39 is 0 Å². The Kier molecular flexibility index (Phi) is 3.51. The summed E-state index contributed by atoms with van der Waals surface area (Å²) in [6, 6.07) is 6.54. The van der Waals surface area contributed by atoms with E-state index in [9.17, 15) is 0 Å². The zero-order valence-electron chi connectivity index (χ0n) is 11.5. The first-order valence-electron chi connectivity index (χ1n) is 7.12. The minimum absolute atomic E-state index is 0.296. The number of nitrogens with two attached hydrogens (primary N) is 1. The van der Waals surface area contributed by atoms with E-state index in [1.54, 1.807) is 0 Å². The zero-order chi connectivity index (χ0) is 13.2. The normalized spacial score (nSPS) is 23.5. The summed E-state index contributed by atoms with van der Waals surface area (Å²) in [5, 5.41) is 0. The van der Waals surface area contributed by atoms with Gasteiger partial charge in [0.2, 0.25) is 0 Å². The van der Waals surface area contributed by atoms with Gasteiger partial charge in [-0.1, -0.05) is 0 Å². The second-order valence-electron chi connectivity index (χ2n) is 5.64. The third kappa shape index (κ3) is 2.78. The molecule has 0 saturated carbocycles. The molecule has 1 aromatic carbocycles. The third-order valence-corrected chi connectivity index (χ3v) is 3.88. The molecule has 2 atom stereocenters. The molecule has 19 heavy (non-hydrogen) atoms. The van der Waals surface area contributed by atoms with Gasteiger partial charge >= 0.3 is 0 Å². The quantitative estimate of drug-likeness (QED) is 0.905. The molecule has 0 radical (unpaired) electrons. The van der Waals surface area contributed by atoms with Gasteiger partial charge in [0.25, 0.3) is 0 Å². The van der Waals surface area contributed by atoms with E-state index in [-0.39, 0.29) is 0 Å². The van der Waals surface area contributed by atoms with Crippen molar-refractivity contribution in [2.45, 2.75) is 25.8 Å². The van der Waals surface area contributed by atoms with Crippen molar-refractivity contribution in [1.29, 1.82) is 0 Å². The van der Waals surface area contributed by atoms with E-state index in [1.165, 1.54) is 12.1 Å². The van der Waals surface area contributed by atoms with Gasteiger partial charge in [0.05, 0.1) is 0 Å². The van der Waals surface area contributed by atoms with Crippen LogP contribution in [0.2, 0.25) is 0 Å². The first-order valence-corrected chi connectivity index (χ1v) is 7.12. The van der Waals surface area contributed by atoms with Crippen molar-refractivity contribution in [2.24, 2.45) is 11.7 Å². The first kappa shape index (κ1) is 12.6. The average molecular weight is 262 g/mol. The summed E-state index contributed by atoms with van der Waals surface area (Å²) in [6.45, 7) is 5.58. The van der Waals surface area contributed by atoms with E-state index >= 15 is 0 Å². The molecule has 1 fully saturated rings. The van der Waals surface area contributed by atoms with E-state index in [0.29, 0.717) is 25.2 Å². The monoisotopic (exact) mass is 262 g/mol. The number of anilines is 1. The Morgan fingerprint density at radius 1 is 1.32 bits per heavy atom. The first-order chi connectivity index (χ1) is 9.22. The third-order valence-electron chi connectivity index (χ3n) is 3.88. The van der Waals surface area contributed by atoms with Crippen LogP contribution in [0.4, 0.5) is 5.69 Å². The molecule has 0 spiro atoms. The van der Waals surface area contributed by atoms with Gasteiger partial charge in [-0.15, -0.1) is 0 Å². The van der Waals surface area contributed by atoms with Gasteiger partial charge in [0, 0.05) is 30.9 Å². The van der Waals surface area contributed by atoms with E-state index in [1.807, 2.05) is 6.07 Å². The van der Waals surface area contributed by atoms with Crippen LogP contribution in [0.1, 0.15) is 19.8 Å². The molecule has 2 aliphatic rings. The zero-order valence-corrected chi connectivity index (χ0v) is 11.5. The molecule has 2 unspecified atom stereocenters. The lowest BCUT2D eigenvalue weighted by Crippen LogP contribution is -2.24. The highest BCUT2D eigenvalue weighted by atomic mass is 16.6. The van der Waals surface area contributed by atoms with Crippen molar-refractivity contribution in [3.63, 3.8) is 0 Å². The minimum Gasteiger partial charge on any atom is -0.486 e. The second-order valence-corrected chi connectivity index (χ2v) is 5.64. The number of hydrogen-bond acceptors (Lipinski definition) is 4. The summed E-state index contributed by atoms with van der Waals surface area (Å²) >= 11 is 0. The molecule has 1 saturated heterocycles. The number of fused-ring (bicyclic) bond motifs is 1. The molecule has 2 heterocycles. The lowest BCUT2D eigenvalue weighted by Gasteiger charge is -2.23. The average Bonchev–Trinajstić information content (AvgIpc) is 2.86. The molecule has 4 heteroatoms. The van der Waals surface area contributed by atoms with Gasteiger partial charge in [0.15, 0.2) is 11.5 Å². The number of nitrogens with zero attached hydrogens (tertiary/aromatic N) is 1. The Bertz CT molecular complexity index is 448. The van der Waals surface area contributed by atoms with Crippen molar-refractivity contribution in [1.82, 2.24) is 0 Å². The Balaban J connectivity index is 1.69. The van der Waals surface area contributed by atoms with Crippen LogP contribution < -0.4 is 20.1 Å². The van der Waals surface area contributed by atoms with Crippen LogP contribution in [-0.4, -0.2) is 32.3 Å². The lowest BCUT2D eigenvalue weighted by atomic mass is 10.0. The number of benzene rings is 1. The van der Waals surface area contributed by atoms with Gasteiger partial charge in [0.1, 0.15) is 13.2 Å². The molecular weight excluding hydrogens is 240 g/mol. The van der Waals surface area contributed by atoms with Crippen molar-refractivity contribution < 1.29 is 9.47 Å². The Hall–Kier alpha value is -1.42. The van der Waals surface area contributed by atoms with Crippen LogP contribution >= 0.6 is 0 Å². The summed E-state index contributed by atoms with van der Waals surface area (Å²) < 4.78 is 11.2.